The maximum Gasteiger partial charge on any atom is 0.123 e. The minimum atomic E-state index is 0.946. The van der Waals surface area contributed by atoms with Gasteiger partial charge in [-0.3, -0.25) is 0 Å². The predicted molar refractivity (Wildman–Crippen MR) is 122 cm³/mol. The molecule has 0 unspecified atom stereocenters. The van der Waals surface area contributed by atoms with Crippen LogP contribution in [0.5, 0.6) is 5.75 Å². The summed E-state index contributed by atoms with van der Waals surface area (Å²) in [6.07, 6.45) is 2.58. The third-order valence-corrected chi connectivity index (χ3v) is 6.96. The number of hydrogen-bond donors (Lipinski definition) is 1. The molecule has 4 heteroatoms. The van der Waals surface area contributed by atoms with E-state index in [0.717, 1.165) is 24.5 Å². The molecule has 3 aromatic carbocycles. The largest absolute Gasteiger partial charge is 0.496 e. The minimum Gasteiger partial charge on any atom is -0.496 e. The Bertz CT molecular complexity index is 1010. The number of rotatable bonds is 5. The van der Waals surface area contributed by atoms with Crippen LogP contribution in [0.1, 0.15) is 29.5 Å². The summed E-state index contributed by atoms with van der Waals surface area (Å²) >= 11 is 1.68. The molecule has 1 saturated heterocycles. The van der Waals surface area contributed by atoms with E-state index < -0.39 is 0 Å². The van der Waals surface area contributed by atoms with Crippen LogP contribution in [-0.4, -0.2) is 20.2 Å². The first-order chi connectivity index (χ1) is 13.6. The van der Waals surface area contributed by atoms with Crippen LogP contribution >= 0.6 is 11.9 Å². The van der Waals surface area contributed by atoms with Crippen molar-refractivity contribution in [1.29, 1.82) is 0 Å². The van der Waals surface area contributed by atoms with Crippen molar-refractivity contribution in [3.05, 3.63) is 59.2 Å². The number of fused-ring (bicyclic) bond motifs is 1. The van der Waals surface area contributed by atoms with Gasteiger partial charge in [0.25, 0.3) is 0 Å². The highest BCUT2D eigenvalue weighted by Gasteiger charge is 2.17. The molecule has 0 saturated carbocycles. The number of anilines is 2. The molecule has 0 atom stereocenters. The SMILES string of the molecule is COc1cc(C)c(C)c(SNc2ccc(N3CCCC3)c3ccccc23)c1C. The molecular formula is C24H28N2OS. The Morgan fingerprint density at radius 3 is 2.36 bits per heavy atom. The van der Waals surface area contributed by atoms with Crippen molar-refractivity contribution >= 4 is 34.1 Å². The van der Waals surface area contributed by atoms with Gasteiger partial charge in [0.05, 0.1) is 12.8 Å². The molecule has 3 aromatic rings. The molecule has 4 rings (SSSR count). The fourth-order valence-corrected chi connectivity index (χ4v) is 5.02. The van der Waals surface area contributed by atoms with E-state index in [1.807, 2.05) is 0 Å². The predicted octanol–water partition coefficient (Wildman–Crippen LogP) is 6.49. The molecule has 1 aliphatic rings. The van der Waals surface area contributed by atoms with Crippen molar-refractivity contribution in [3.8, 4) is 5.75 Å². The lowest BCUT2D eigenvalue weighted by Gasteiger charge is -2.22. The molecule has 1 fully saturated rings. The standard InChI is InChI=1S/C24H28N2OS/c1-16-15-23(27-4)18(3)24(17(16)2)28-25-21-11-12-22(26-13-7-8-14-26)20-10-6-5-9-19(20)21/h5-6,9-12,15,25H,7-8,13-14H2,1-4H3. The zero-order chi connectivity index (χ0) is 19.7. The molecule has 0 radical (unpaired) electrons. The van der Waals surface area contributed by atoms with E-state index in [0.29, 0.717) is 0 Å². The van der Waals surface area contributed by atoms with Crippen LogP contribution in [0.2, 0.25) is 0 Å². The van der Waals surface area contributed by atoms with E-state index in [2.05, 4.69) is 72.9 Å². The fourth-order valence-electron chi connectivity index (χ4n) is 4.06. The maximum atomic E-state index is 5.57. The molecular weight excluding hydrogens is 364 g/mol. The second-order valence-electron chi connectivity index (χ2n) is 7.55. The summed E-state index contributed by atoms with van der Waals surface area (Å²) in [6, 6.07) is 15.3. The van der Waals surface area contributed by atoms with Gasteiger partial charge in [0.15, 0.2) is 0 Å². The third kappa shape index (κ3) is 3.42. The van der Waals surface area contributed by atoms with Crippen LogP contribution in [0.4, 0.5) is 11.4 Å². The maximum absolute atomic E-state index is 5.57. The molecule has 0 aromatic heterocycles. The summed E-state index contributed by atoms with van der Waals surface area (Å²) in [7, 11) is 1.74. The highest BCUT2D eigenvalue weighted by molar-refractivity contribution is 8.00. The number of benzene rings is 3. The third-order valence-electron chi connectivity index (χ3n) is 5.82. The Labute approximate surface area is 172 Å². The summed E-state index contributed by atoms with van der Waals surface area (Å²) in [4.78, 5) is 3.75. The Kier molecular flexibility index (Phi) is 5.40. The van der Waals surface area contributed by atoms with Crippen molar-refractivity contribution < 1.29 is 4.74 Å². The first-order valence-corrected chi connectivity index (χ1v) is 10.8. The van der Waals surface area contributed by atoms with E-state index in [1.54, 1.807) is 19.1 Å². The normalized spacial score (nSPS) is 13.9. The Hall–Kier alpha value is -2.33. The van der Waals surface area contributed by atoms with Gasteiger partial charge < -0.3 is 14.4 Å². The van der Waals surface area contributed by atoms with Gasteiger partial charge in [0.1, 0.15) is 5.75 Å². The smallest absolute Gasteiger partial charge is 0.123 e. The molecule has 146 valence electrons. The molecule has 0 bridgehead atoms. The van der Waals surface area contributed by atoms with Gasteiger partial charge in [-0.25, -0.2) is 0 Å². The number of ether oxygens (including phenoxy) is 1. The molecule has 1 heterocycles. The molecule has 28 heavy (non-hydrogen) atoms. The average Bonchev–Trinajstić information content (AvgIpc) is 3.25. The second-order valence-corrected chi connectivity index (χ2v) is 8.37. The van der Waals surface area contributed by atoms with Crippen molar-refractivity contribution in [2.75, 3.05) is 29.8 Å². The van der Waals surface area contributed by atoms with E-state index in [1.165, 1.54) is 50.9 Å². The van der Waals surface area contributed by atoms with Crippen molar-refractivity contribution in [2.24, 2.45) is 0 Å². The van der Waals surface area contributed by atoms with Gasteiger partial charge in [-0.05, 0) is 74.9 Å². The quantitative estimate of drug-likeness (QED) is 0.501. The molecule has 3 nitrogen and oxygen atoms in total. The molecule has 1 N–H and O–H groups in total. The van der Waals surface area contributed by atoms with Crippen LogP contribution < -0.4 is 14.4 Å². The van der Waals surface area contributed by atoms with Gasteiger partial charge in [-0.15, -0.1) is 0 Å². The van der Waals surface area contributed by atoms with Gasteiger partial charge >= 0.3 is 0 Å². The van der Waals surface area contributed by atoms with Gasteiger partial charge in [0.2, 0.25) is 0 Å². The fraction of sp³-hybridized carbons (Fsp3) is 0.333. The highest BCUT2D eigenvalue weighted by Crippen LogP contribution is 2.38. The Balaban J connectivity index is 1.68. The number of hydrogen-bond acceptors (Lipinski definition) is 4. The zero-order valence-electron chi connectivity index (χ0n) is 17.1. The lowest BCUT2D eigenvalue weighted by molar-refractivity contribution is 0.409. The number of nitrogens with one attached hydrogen (secondary N) is 1. The van der Waals surface area contributed by atoms with Gasteiger partial charge in [-0.2, -0.15) is 0 Å². The second kappa shape index (κ2) is 7.96. The topological polar surface area (TPSA) is 24.5 Å². The molecule has 0 aliphatic carbocycles. The summed E-state index contributed by atoms with van der Waals surface area (Å²) < 4.78 is 9.19. The average molecular weight is 393 g/mol. The zero-order valence-corrected chi connectivity index (χ0v) is 18.0. The van der Waals surface area contributed by atoms with Gasteiger partial charge in [-0.1, -0.05) is 24.3 Å². The number of aryl methyl sites for hydroxylation is 1. The Morgan fingerprint density at radius 1 is 0.929 bits per heavy atom. The van der Waals surface area contributed by atoms with Crippen molar-refractivity contribution in [3.63, 3.8) is 0 Å². The lowest BCUT2D eigenvalue weighted by atomic mass is 10.1. The minimum absolute atomic E-state index is 0.946. The van der Waals surface area contributed by atoms with Crippen LogP contribution in [0.15, 0.2) is 47.4 Å². The highest BCUT2D eigenvalue weighted by atomic mass is 32.2. The monoisotopic (exact) mass is 392 g/mol. The molecule has 1 aliphatic heterocycles. The summed E-state index contributed by atoms with van der Waals surface area (Å²) in [5.41, 5.74) is 6.24. The Morgan fingerprint density at radius 2 is 1.64 bits per heavy atom. The van der Waals surface area contributed by atoms with Crippen molar-refractivity contribution in [1.82, 2.24) is 0 Å². The molecule has 0 spiro atoms. The van der Waals surface area contributed by atoms with Crippen LogP contribution in [0.25, 0.3) is 10.8 Å². The van der Waals surface area contributed by atoms with Gasteiger partial charge in [0, 0.05) is 40.0 Å². The first-order valence-electron chi connectivity index (χ1n) is 9.94. The summed E-state index contributed by atoms with van der Waals surface area (Å²) in [5, 5.41) is 2.60. The van der Waals surface area contributed by atoms with E-state index in [-0.39, 0.29) is 0 Å². The summed E-state index contributed by atoms with van der Waals surface area (Å²) in [6.45, 7) is 8.77. The van der Waals surface area contributed by atoms with E-state index >= 15 is 0 Å². The lowest BCUT2D eigenvalue weighted by Crippen LogP contribution is -2.17. The van der Waals surface area contributed by atoms with Crippen LogP contribution in [0, 0.1) is 20.8 Å². The number of nitrogens with zero attached hydrogens (tertiary/aromatic N) is 1. The summed E-state index contributed by atoms with van der Waals surface area (Å²) in [5.74, 6) is 0.946. The van der Waals surface area contributed by atoms with Crippen LogP contribution in [0.3, 0.4) is 0 Å². The van der Waals surface area contributed by atoms with E-state index in [4.69, 9.17) is 4.74 Å². The molecule has 0 amide bonds. The number of methoxy groups -OCH3 is 1. The van der Waals surface area contributed by atoms with Crippen molar-refractivity contribution in [2.45, 2.75) is 38.5 Å². The van der Waals surface area contributed by atoms with E-state index in [9.17, 15) is 0 Å². The first kappa shape index (κ1) is 19.0. The van der Waals surface area contributed by atoms with Crippen LogP contribution in [-0.2, 0) is 0 Å².